The van der Waals surface area contributed by atoms with Gasteiger partial charge in [0.1, 0.15) is 5.60 Å². The van der Waals surface area contributed by atoms with Crippen LogP contribution < -0.4 is 0 Å². The number of ether oxygens (including phenoxy) is 3. The topological polar surface area (TPSA) is 132 Å². The van der Waals surface area contributed by atoms with Crippen molar-refractivity contribution in [1.82, 2.24) is 9.80 Å². The van der Waals surface area contributed by atoms with E-state index >= 15 is 0 Å². The molecule has 1 amide bonds. The second-order valence-electron chi connectivity index (χ2n) is 15.9. The van der Waals surface area contributed by atoms with Crippen molar-refractivity contribution in [1.29, 1.82) is 0 Å². The van der Waals surface area contributed by atoms with Crippen LogP contribution in [0.5, 0.6) is 0 Å². The van der Waals surface area contributed by atoms with E-state index in [9.17, 15) is 24.9 Å². The average Bonchev–Trinajstić information content (AvgIpc) is 3.93. The van der Waals surface area contributed by atoms with Gasteiger partial charge in [0.05, 0.1) is 30.0 Å². The third-order valence-corrected chi connectivity index (χ3v) is 11.6. The number of carbonyl (C=O) groups excluding carboxylic acids is 2. The third-order valence-electron chi connectivity index (χ3n) is 11.6. The maximum atomic E-state index is 13.6. The van der Waals surface area contributed by atoms with Crippen LogP contribution in [-0.4, -0.2) is 118 Å². The smallest absolute Gasteiger partial charge is 0.410 e. The number of aliphatic hydroxyl groups is 3. The molecule has 2 heterocycles. The van der Waals surface area contributed by atoms with Crippen molar-refractivity contribution < 1.29 is 39.1 Å². The Morgan fingerprint density at radius 3 is 2.22 bits per heavy atom. The largest absolute Gasteiger partial charge is 0.439 e. The summed E-state index contributed by atoms with van der Waals surface area (Å²) in [5, 5.41) is 31.4. The van der Waals surface area contributed by atoms with Crippen molar-refractivity contribution in [3.63, 3.8) is 0 Å². The lowest BCUT2D eigenvalue weighted by Gasteiger charge is -2.40. The van der Waals surface area contributed by atoms with Crippen LogP contribution in [-0.2, 0) is 19.0 Å². The highest BCUT2D eigenvalue weighted by molar-refractivity contribution is 5.97. The normalized spacial score (nSPS) is 26.6. The average molecular weight is 719 g/mol. The molecule has 1 aliphatic carbocycles. The Balaban J connectivity index is 1.64. The Bertz CT molecular complexity index is 1170. The Kier molecular flexibility index (Phi) is 17.3. The second-order valence-corrected chi connectivity index (χ2v) is 15.9. The van der Waals surface area contributed by atoms with Crippen LogP contribution in [0.15, 0.2) is 36.0 Å². The SMILES string of the molecule is CCC(O)CCC(C)(OC)C(C=CC(C)C(=O)C(C)=CC=CC(C)(O)CC1OC1C(C)C(O)CC)OC(=O)N1CCN(C2CCCCCC2)CC1. The number of carbonyl (C=O) groups is 2. The third kappa shape index (κ3) is 13.4. The van der Waals surface area contributed by atoms with E-state index in [4.69, 9.17) is 14.2 Å². The number of amides is 1. The summed E-state index contributed by atoms with van der Waals surface area (Å²) in [5.74, 6) is -0.592. The number of aliphatic hydroxyl groups excluding tert-OH is 2. The fourth-order valence-corrected chi connectivity index (χ4v) is 7.51. The molecule has 10 heteroatoms. The van der Waals surface area contributed by atoms with E-state index in [0.29, 0.717) is 56.8 Å². The summed E-state index contributed by atoms with van der Waals surface area (Å²) in [6.45, 7) is 15.9. The lowest BCUT2D eigenvalue weighted by Crippen LogP contribution is -2.53. The van der Waals surface area contributed by atoms with Gasteiger partial charge >= 0.3 is 6.09 Å². The summed E-state index contributed by atoms with van der Waals surface area (Å²) in [4.78, 5) is 31.3. The molecule has 9 atom stereocenters. The van der Waals surface area contributed by atoms with Crippen LogP contribution >= 0.6 is 0 Å². The van der Waals surface area contributed by atoms with E-state index in [2.05, 4.69) is 4.90 Å². The molecule has 0 spiro atoms. The predicted octanol–water partition coefficient (Wildman–Crippen LogP) is 6.37. The first-order valence-corrected chi connectivity index (χ1v) is 19.7. The monoisotopic (exact) mass is 719 g/mol. The first kappa shape index (κ1) is 43.3. The Morgan fingerprint density at radius 1 is 0.980 bits per heavy atom. The molecule has 3 fully saturated rings. The van der Waals surface area contributed by atoms with Crippen LogP contribution in [0, 0.1) is 11.8 Å². The molecule has 2 aliphatic heterocycles. The molecule has 3 rings (SSSR count). The van der Waals surface area contributed by atoms with Gasteiger partial charge in [-0.2, -0.15) is 0 Å². The molecule has 3 N–H and O–H groups in total. The Hall–Kier alpha value is -2.08. The van der Waals surface area contributed by atoms with Crippen molar-refractivity contribution >= 4 is 11.9 Å². The first-order chi connectivity index (χ1) is 24.1. The number of piperazine rings is 1. The summed E-state index contributed by atoms with van der Waals surface area (Å²) >= 11 is 0. The van der Waals surface area contributed by atoms with E-state index in [1.54, 1.807) is 56.2 Å². The molecule has 2 saturated heterocycles. The molecule has 51 heavy (non-hydrogen) atoms. The molecule has 0 aromatic rings. The minimum absolute atomic E-state index is 0.00765. The van der Waals surface area contributed by atoms with Crippen LogP contribution in [0.25, 0.3) is 0 Å². The highest BCUT2D eigenvalue weighted by atomic mass is 16.6. The van der Waals surface area contributed by atoms with Gasteiger partial charge in [-0.05, 0) is 70.9 Å². The number of epoxide rings is 1. The highest BCUT2D eigenvalue weighted by Crippen LogP contribution is 2.37. The van der Waals surface area contributed by atoms with Gasteiger partial charge in [-0.1, -0.05) is 77.7 Å². The molecule has 0 bridgehead atoms. The molecule has 0 aromatic heterocycles. The van der Waals surface area contributed by atoms with Gasteiger partial charge < -0.3 is 34.4 Å². The molecular formula is C41H70N2O8. The van der Waals surface area contributed by atoms with Gasteiger partial charge in [-0.25, -0.2) is 4.79 Å². The van der Waals surface area contributed by atoms with Crippen molar-refractivity contribution in [3.05, 3.63) is 36.0 Å². The zero-order valence-corrected chi connectivity index (χ0v) is 32.9. The fourth-order valence-electron chi connectivity index (χ4n) is 7.51. The second kappa shape index (κ2) is 20.4. The standard InChI is InChI=1S/C41H70N2O8/c1-9-33(44)21-23-41(7,49-8)36(51-39(47)43-26-24-42(25-27-43)32-17-13-11-12-14-18-32)20-19-30(4)37(46)29(3)16-15-22-40(6,48)28-35-38(50-35)31(5)34(45)10-2/h15-16,19-20,22,30-36,38,44-45,48H,9-14,17-18,21,23-28H2,1-8H3. The van der Waals surface area contributed by atoms with Crippen molar-refractivity contribution in [3.8, 4) is 0 Å². The minimum atomic E-state index is -1.13. The lowest BCUT2D eigenvalue weighted by molar-refractivity contribution is -0.117. The number of ketones is 1. The van der Waals surface area contributed by atoms with Crippen molar-refractivity contribution in [2.45, 2.75) is 167 Å². The summed E-state index contributed by atoms with van der Waals surface area (Å²) < 4.78 is 17.9. The molecule has 1 saturated carbocycles. The summed E-state index contributed by atoms with van der Waals surface area (Å²) in [6, 6.07) is 0.600. The number of hydrogen-bond acceptors (Lipinski definition) is 9. The Labute approximate surface area is 308 Å². The fraction of sp³-hybridized carbons (Fsp3) is 0.805. The molecule has 0 aromatic carbocycles. The maximum absolute atomic E-state index is 13.6. The number of allylic oxidation sites excluding steroid dienone is 4. The van der Waals surface area contributed by atoms with Gasteiger partial charge in [0, 0.05) is 57.6 Å². The van der Waals surface area contributed by atoms with Crippen LogP contribution in [0.1, 0.15) is 119 Å². The number of nitrogens with zero attached hydrogens (tertiary/aromatic N) is 2. The maximum Gasteiger partial charge on any atom is 0.410 e. The Morgan fingerprint density at radius 2 is 1.63 bits per heavy atom. The summed E-state index contributed by atoms with van der Waals surface area (Å²) in [6.07, 6.45) is 16.6. The molecule has 10 nitrogen and oxygen atoms in total. The zero-order valence-electron chi connectivity index (χ0n) is 32.9. The van der Waals surface area contributed by atoms with E-state index < -0.39 is 41.5 Å². The van der Waals surface area contributed by atoms with Crippen LogP contribution in [0.4, 0.5) is 4.79 Å². The van der Waals surface area contributed by atoms with Crippen LogP contribution in [0.3, 0.4) is 0 Å². The number of Topliss-reactive ketones (excluding diaryl/α,β-unsaturated/α-hetero) is 1. The summed E-state index contributed by atoms with van der Waals surface area (Å²) in [7, 11) is 1.59. The molecule has 0 radical (unpaired) electrons. The van der Waals surface area contributed by atoms with E-state index in [1.165, 1.54) is 38.5 Å². The minimum Gasteiger partial charge on any atom is -0.439 e. The quantitative estimate of drug-likeness (QED) is 0.0459. The lowest BCUT2D eigenvalue weighted by atomic mass is 9.89. The van der Waals surface area contributed by atoms with E-state index in [-0.39, 0.29) is 23.9 Å². The van der Waals surface area contributed by atoms with Crippen molar-refractivity contribution in [2.75, 3.05) is 33.3 Å². The molecule has 9 unspecified atom stereocenters. The van der Waals surface area contributed by atoms with Gasteiger partial charge in [0.15, 0.2) is 11.9 Å². The van der Waals surface area contributed by atoms with Gasteiger partial charge in [0.2, 0.25) is 0 Å². The van der Waals surface area contributed by atoms with E-state index in [0.717, 1.165) is 13.1 Å². The highest BCUT2D eigenvalue weighted by Gasteiger charge is 2.47. The number of hydrogen-bond donors (Lipinski definition) is 3. The van der Waals surface area contributed by atoms with E-state index in [1.807, 2.05) is 34.6 Å². The first-order valence-electron chi connectivity index (χ1n) is 19.7. The zero-order chi connectivity index (χ0) is 37.8. The number of rotatable bonds is 19. The predicted molar refractivity (Wildman–Crippen MR) is 201 cm³/mol. The molecular weight excluding hydrogens is 648 g/mol. The number of methoxy groups -OCH3 is 1. The van der Waals surface area contributed by atoms with Gasteiger partial charge in [-0.15, -0.1) is 0 Å². The molecule has 3 aliphatic rings. The van der Waals surface area contributed by atoms with Crippen LogP contribution in [0.2, 0.25) is 0 Å². The van der Waals surface area contributed by atoms with Gasteiger partial charge in [-0.3, -0.25) is 9.69 Å². The molecule has 292 valence electrons. The summed E-state index contributed by atoms with van der Waals surface area (Å²) in [5.41, 5.74) is -1.51. The van der Waals surface area contributed by atoms with Crippen molar-refractivity contribution in [2.24, 2.45) is 11.8 Å². The van der Waals surface area contributed by atoms with Gasteiger partial charge in [0.25, 0.3) is 0 Å².